The summed E-state index contributed by atoms with van der Waals surface area (Å²) in [5, 5.41) is 26.3. The first-order chi connectivity index (χ1) is 5.66. The smallest absolute Gasteiger partial charge is 0.339 e. The van der Waals surface area contributed by atoms with E-state index in [9.17, 15) is 4.79 Å². The fraction of sp³-hybridized carbons (Fsp3) is 0.143. The van der Waals surface area contributed by atoms with Crippen LogP contribution in [0.2, 0.25) is 0 Å². The summed E-state index contributed by atoms with van der Waals surface area (Å²) in [5.74, 6) is -1.72. The molecule has 0 amide bonds. The van der Waals surface area contributed by atoms with Crippen molar-refractivity contribution in [2.24, 2.45) is 0 Å². The summed E-state index contributed by atoms with van der Waals surface area (Å²) in [6, 6.07) is 1.16. The molecule has 0 unspecified atom stereocenters. The molecule has 0 saturated carbocycles. The van der Waals surface area contributed by atoms with E-state index in [4.69, 9.17) is 15.3 Å². The molecule has 0 aliphatic heterocycles. The zero-order valence-corrected chi connectivity index (χ0v) is 6.06. The van der Waals surface area contributed by atoms with Gasteiger partial charge >= 0.3 is 5.97 Å². The zero-order valence-electron chi connectivity index (χ0n) is 6.06. The minimum absolute atomic E-state index is 0.0325. The monoisotopic (exact) mass is 169 g/mol. The highest BCUT2D eigenvalue weighted by molar-refractivity contribution is 5.90. The number of aromatic carboxylic acids is 1. The van der Waals surface area contributed by atoms with E-state index < -0.39 is 18.3 Å². The topological polar surface area (TPSA) is 90.7 Å². The van der Waals surface area contributed by atoms with Crippen LogP contribution in [0.3, 0.4) is 0 Å². The van der Waals surface area contributed by atoms with Gasteiger partial charge in [0.15, 0.2) is 5.75 Å². The third-order valence-electron chi connectivity index (χ3n) is 1.38. The summed E-state index contributed by atoms with van der Waals surface area (Å²) in [5.41, 5.74) is -0.288. The molecule has 0 fully saturated rings. The van der Waals surface area contributed by atoms with E-state index >= 15 is 0 Å². The summed E-state index contributed by atoms with van der Waals surface area (Å²) in [6.07, 6.45) is 1.22. The molecule has 0 saturated heterocycles. The number of aromatic nitrogens is 1. The van der Waals surface area contributed by atoms with Gasteiger partial charge in [-0.25, -0.2) is 4.79 Å². The molecular formula is C7H7NO4. The second kappa shape index (κ2) is 3.19. The maximum Gasteiger partial charge on any atom is 0.339 e. The Labute approximate surface area is 67.9 Å². The minimum Gasteiger partial charge on any atom is -0.505 e. The lowest BCUT2D eigenvalue weighted by atomic mass is 10.2. The molecule has 0 aliphatic carbocycles. The van der Waals surface area contributed by atoms with Crippen LogP contribution in [-0.4, -0.2) is 26.3 Å². The average Bonchev–Trinajstić information content (AvgIpc) is 2.04. The number of rotatable bonds is 2. The van der Waals surface area contributed by atoms with Gasteiger partial charge in [-0.1, -0.05) is 0 Å². The third kappa shape index (κ3) is 1.35. The first-order valence-corrected chi connectivity index (χ1v) is 3.17. The number of pyridine rings is 1. The lowest BCUT2D eigenvalue weighted by Crippen LogP contribution is -2.00. The van der Waals surface area contributed by atoms with E-state index in [-0.39, 0.29) is 11.3 Å². The maximum atomic E-state index is 10.4. The predicted octanol–water partition coefficient (Wildman–Crippen LogP) is -0.0223. The summed E-state index contributed by atoms with van der Waals surface area (Å²) in [4.78, 5) is 14.0. The molecule has 64 valence electrons. The molecule has 0 aliphatic rings. The van der Waals surface area contributed by atoms with Crippen LogP contribution in [0.4, 0.5) is 0 Å². The Morgan fingerprint density at radius 3 is 2.75 bits per heavy atom. The van der Waals surface area contributed by atoms with Crippen molar-refractivity contribution in [1.29, 1.82) is 0 Å². The Bertz CT molecular complexity index is 310. The Balaban J connectivity index is 3.23. The molecule has 1 aromatic rings. The average molecular weight is 169 g/mol. The first-order valence-electron chi connectivity index (χ1n) is 3.17. The second-order valence-corrected chi connectivity index (χ2v) is 2.12. The summed E-state index contributed by atoms with van der Waals surface area (Å²) in [7, 11) is 0. The molecular weight excluding hydrogens is 162 g/mol. The molecule has 0 spiro atoms. The second-order valence-electron chi connectivity index (χ2n) is 2.12. The first kappa shape index (κ1) is 8.48. The van der Waals surface area contributed by atoms with Gasteiger partial charge in [-0.15, -0.1) is 0 Å². The van der Waals surface area contributed by atoms with Crippen LogP contribution in [0.1, 0.15) is 16.1 Å². The number of carboxylic acids is 1. The largest absolute Gasteiger partial charge is 0.505 e. The molecule has 1 heterocycles. The molecule has 0 radical (unpaired) electrons. The Hall–Kier alpha value is -1.62. The number of hydrogen-bond acceptors (Lipinski definition) is 4. The van der Waals surface area contributed by atoms with Gasteiger partial charge in [0.25, 0.3) is 0 Å². The van der Waals surface area contributed by atoms with Crippen molar-refractivity contribution in [3.63, 3.8) is 0 Å². The van der Waals surface area contributed by atoms with Crippen LogP contribution >= 0.6 is 0 Å². The predicted molar refractivity (Wildman–Crippen MR) is 38.8 cm³/mol. The van der Waals surface area contributed by atoms with E-state index in [1.54, 1.807) is 0 Å². The fourth-order valence-corrected chi connectivity index (χ4v) is 0.786. The van der Waals surface area contributed by atoms with Crippen LogP contribution in [0.15, 0.2) is 12.3 Å². The highest BCUT2D eigenvalue weighted by atomic mass is 16.4. The van der Waals surface area contributed by atoms with Crippen LogP contribution in [0.5, 0.6) is 5.75 Å². The van der Waals surface area contributed by atoms with Crippen molar-refractivity contribution in [3.05, 3.63) is 23.5 Å². The summed E-state index contributed by atoms with van der Waals surface area (Å²) < 4.78 is 0. The minimum atomic E-state index is -1.25. The number of hydrogen-bond donors (Lipinski definition) is 3. The van der Waals surface area contributed by atoms with E-state index in [1.165, 1.54) is 6.20 Å². The summed E-state index contributed by atoms with van der Waals surface area (Å²) in [6.45, 7) is -0.479. The molecule has 3 N–H and O–H groups in total. The molecule has 5 heteroatoms. The van der Waals surface area contributed by atoms with Crippen molar-refractivity contribution in [1.82, 2.24) is 4.98 Å². The number of carboxylic acid groups (broad SMARTS) is 1. The van der Waals surface area contributed by atoms with E-state index in [2.05, 4.69) is 4.98 Å². The number of aromatic hydroxyl groups is 1. The van der Waals surface area contributed by atoms with E-state index in [1.807, 2.05) is 0 Å². The Morgan fingerprint density at radius 2 is 2.25 bits per heavy atom. The number of carbonyl (C=O) groups is 1. The van der Waals surface area contributed by atoms with Gasteiger partial charge in [-0.05, 0) is 6.07 Å². The lowest BCUT2D eigenvalue weighted by Gasteiger charge is -2.01. The van der Waals surface area contributed by atoms with Crippen molar-refractivity contribution in [2.75, 3.05) is 0 Å². The SMILES string of the molecule is O=C(O)c1ccnc(CO)c1O. The van der Waals surface area contributed by atoms with Crippen molar-refractivity contribution in [2.45, 2.75) is 6.61 Å². The number of aliphatic hydroxyl groups is 1. The quantitative estimate of drug-likeness (QED) is 0.578. The summed E-state index contributed by atoms with van der Waals surface area (Å²) >= 11 is 0. The third-order valence-corrected chi connectivity index (χ3v) is 1.38. The van der Waals surface area contributed by atoms with Crippen LogP contribution in [0.25, 0.3) is 0 Å². The molecule has 5 nitrogen and oxygen atoms in total. The molecule has 1 aromatic heterocycles. The normalized spacial score (nSPS) is 9.75. The van der Waals surface area contributed by atoms with Gasteiger partial charge in [0, 0.05) is 6.20 Å². The fourth-order valence-electron chi connectivity index (χ4n) is 0.786. The van der Waals surface area contributed by atoms with Crippen LogP contribution < -0.4 is 0 Å². The molecule has 12 heavy (non-hydrogen) atoms. The highest BCUT2D eigenvalue weighted by Crippen LogP contribution is 2.19. The van der Waals surface area contributed by atoms with Crippen molar-refractivity contribution >= 4 is 5.97 Å². The molecule has 0 atom stereocenters. The number of nitrogens with zero attached hydrogens (tertiary/aromatic N) is 1. The highest BCUT2D eigenvalue weighted by Gasteiger charge is 2.12. The maximum absolute atomic E-state index is 10.4. The van der Waals surface area contributed by atoms with Gasteiger partial charge in [0.1, 0.15) is 11.3 Å². The molecule has 0 aromatic carbocycles. The number of aliphatic hydroxyl groups excluding tert-OH is 1. The van der Waals surface area contributed by atoms with Gasteiger partial charge < -0.3 is 15.3 Å². The molecule has 1 rings (SSSR count). The van der Waals surface area contributed by atoms with Crippen molar-refractivity contribution in [3.8, 4) is 5.75 Å². The van der Waals surface area contributed by atoms with Gasteiger partial charge in [-0.2, -0.15) is 0 Å². The standard InChI is InChI=1S/C7H7NO4/c9-3-5-6(10)4(7(11)12)1-2-8-5/h1-2,9-10H,3H2,(H,11,12). The van der Waals surface area contributed by atoms with E-state index in [0.717, 1.165) is 6.07 Å². The molecule has 0 bridgehead atoms. The van der Waals surface area contributed by atoms with Crippen LogP contribution in [0, 0.1) is 0 Å². The zero-order chi connectivity index (χ0) is 9.14. The van der Waals surface area contributed by atoms with Crippen molar-refractivity contribution < 1.29 is 20.1 Å². The Kier molecular flexibility index (Phi) is 2.25. The van der Waals surface area contributed by atoms with Gasteiger partial charge in [0.05, 0.1) is 6.61 Å². The lowest BCUT2D eigenvalue weighted by molar-refractivity contribution is 0.0693. The van der Waals surface area contributed by atoms with E-state index in [0.29, 0.717) is 0 Å². The van der Waals surface area contributed by atoms with Gasteiger partial charge in [-0.3, -0.25) is 4.98 Å². The van der Waals surface area contributed by atoms with Crippen LogP contribution in [-0.2, 0) is 6.61 Å². The van der Waals surface area contributed by atoms with Gasteiger partial charge in [0.2, 0.25) is 0 Å². The Morgan fingerprint density at radius 1 is 1.58 bits per heavy atom.